The molecule has 0 bridgehead atoms. The van der Waals surface area contributed by atoms with Crippen molar-refractivity contribution in [2.45, 2.75) is 119 Å². The maximum Gasteiger partial charge on any atom is -0.0213 e. The molecule has 0 radical (unpaired) electrons. The van der Waals surface area contributed by atoms with Crippen LogP contribution in [0.4, 0.5) is 0 Å². The van der Waals surface area contributed by atoms with Gasteiger partial charge in [-0.3, -0.25) is 0 Å². The van der Waals surface area contributed by atoms with Gasteiger partial charge in [-0.2, -0.15) is 0 Å². The number of benzene rings is 2. The average molecular weight is 409 g/mol. The summed E-state index contributed by atoms with van der Waals surface area (Å²) in [5.41, 5.74) is 9.05. The molecule has 0 N–H and O–H groups in total. The van der Waals surface area contributed by atoms with Gasteiger partial charge in [-0.15, -0.1) is 0 Å². The molecule has 2 aromatic rings. The molecule has 0 saturated carbocycles. The highest BCUT2D eigenvalue weighted by Crippen LogP contribution is 2.33. The van der Waals surface area contributed by atoms with Gasteiger partial charge in [0.15, 0.2) is 0 Å². The molecule has 0 spiro atoms. The van der Waals surface area contributed by atoms with E-state index in [0.29, 0.717) is 35.5 Å². The van der Waals surface area contributed by atoms with E-state index in [4.69, 9.17) is 0 Å². The second-order valence-corrected chi connectivity index (χ2v) is 10.7. The minimum Gasteiger partial charge on any atom is -0.0617 e. The summed E-state index contributed by atoms with van der Waals surface area (Å²) in [5, 5.41) is 0. The molecule has 0 aliphatic heterocycles. The largest absolute Gasteiger partial charge is 0.0617 e. The highest BCUT2D eigenvalue weighted by Gasteiger charge is 2.15. The standard InChI is InChI=1S/2C15H24/c1-10(2)13-7-14(11(3)4)9-15(8-13)12(5)6;1-10(2)13-8-7-9-14(11(3)4)15(13)12(5)6/h2*7-12H,1-6H3. The Morgan fingerprint density at radius 1 is 0.400 bits per heavy atom. The van der Waals surface area contributed by atoms with Crippen LogP contribution in [0.15, 0.2) is 36.4 Å². The Morgan fingerprint density at radius 3 is 0.900 bits per heavy atom. The number of hydrogen-bond donors (Lipinski definition) is 0. The van der Waals surface area contributed by atoms with Crippen LogP contribution in [0.3, 0.4) is 0 Å². The molecule has 0 unspecified atom stereocenters. The molecule has 0 aliphatic rings. The van der Waals surface area contributed by atoms with E-state index in [1.807, 2.05) is 0 Å². The fourth-order valence-electron chi connectivity index (χ4n) is 3.98. The van der Waals surface area contributed by atoms with Crippen LogP contribution in [0.25, 0.3) is 0 Å². The van der Waals surface area contributed by atoms with Gasteiger partial charge in [0, 0.05) is 0 Å². The first kappa shape index (κ1) is 26.5. The zero-order chi connectivity index (χ0) is 23.2. The molecule has 0 atom stereocenters. The lowest BCUT2D eigenvalue weighted by Crippen LogP contribution is -2.04. The molecule has 0 fully saturated rings. The van der Waals surface area contributed by atoms with Crippen molar-refractivity contribution in [1.29, 1.82) is 0 Å². The van der Waals surface area contributed by atoms with Crippen molar-refractivity contribution in [2.75, 3.05) is 0 Å². The monoisotopic (exact) mass is 408 g/mol. The van der Waals surface area contributed by atoms with Gasteiger partial charge in [0.25, 0.3) is 0 Å². The molecule has 0 heteroatoms. The first-order valence-electron chi connectivity index (χ1n) is 12.1. The van der Waals surface area contributed by atoms with E-state index in [1.54, 1.807) is 5.56 Å². The Morgan fingerprint density at radius 2 is 0.700 bits per heavy atom. The Kier molecular flexibility index (Phi) is 10.4. The second kappa shape index (κ2) is 11.7. The minimum atomic E-state index is 0.626. The van der Waals surface area contributed by atoms with Crippen molar-refractivity contribution in [1.82, 2.24) is 0 Å². The van der Waals surface area contributed by atoms with Gasteiger partial charge in [-0.25, -0.2) is 0 Å². The van der Waals surface area contributed by atoms with Crippen LogP contribution in [0.1, 0.15) is 152 Å². The molecule has 0 saturated heterocycles. The molecule has 0 aromatic heterocycles. The van der Waals surface area contributed by atoms with E-state index < -0.39 is 0 Å². The summed E-state index contributed by atoms with van der Waals surface area (Å²) in [6.07, 6.45) is 0. The van der Waals surface area contributed by atoms with Gasteiger partial charge in [0.2, 0.25) is 0 Å². The first-order chi connectivity index (χ1) is 13.9. The summed E-state index contributed by atoms with van der Waals surface area (Å²) in [7, 11) is 0. The molecular weight excluding hydrogens is 360 g/mol. The third kappa shape index (κ3) is 7.29. The summed E-state index contributed by atoms with van der Waals surface area (Å²) in [5.74, 6) is 3.76. The molecule has 30 heavy (non-hydrogen) atoms. The average Bonchev–Trinajstić information content (AvgIpc) is 2.67. The van der Waals surface area contributed by atoms with Crippen molar-refractivity contribution >= 4 is 0 Å². The molecule has 0 amide bonds. The minimum absolute atomic E-state index is 0.626. The van der Waals surface area contributed by atoms with Crippen molar-refractivity contribution in [3.8, 4) is 0 Å². The van der Waals surface area contributed by atoms with Crippen LogP contribution in [0.2, 0.25) is 0 Å². The predicted molar refractivity (Wildman–Crippen MR) is 137 cm³/mol. The fraction of sp³-hybridized carbons (Fsp3) is 0.600. The van der Waals surface area contributed by atoms with E-state index in [1.165, 1.54) is 27.8 Å². The quantitative estimate of drug-likeness (QED) is 0.446. The summed E-state index contributed by atoms with van der Waals surface area (Å²) < 4.78 is 0. The highest BCUT2D eigenvalue weighted by molar-refractivity contribution is 5.41. The smallest absolute Gasteiger partial charge is 0.0213 e. The van der Waals surface area contributed by atoms with E-state index in [0.717, 1.165) is 0 Å². The molecule has 0 nitrogen and oxygen atoms in total. The molecule has 2 rings (SSSR count). The first-order valence-corrected chi connectivity index (χ1v) is 12.1. The van der Waals surface area contributed by atoms with Crippen molar-refractivity contribution in [2.24, 2.45) is 0 Å². The van der Waals surface area contributed by atoms with Crippen molar-refractivity contribution < 1.29 is 0 Å². The van der Waals surface area contributed by atoms with Gasteiger partial charge in [0.05, 0.1) is 0 Å². The number of rotatable bonds is 6. The SMILES string of the molecule is CC(C)c1cc(C(C)C)cc(C(C)C)c1.CC(C)c1cccc(C(C)C)c1C(C)C. The topological polar surface area (TPSA) is 0 Å². The van der Waals surface area contributed by atoms with Crippen LogP contribution in [0, 0.1) is 0 Å². The van der Waals surface area contributed by atoms with E-state index in [9.17, 15) is 0 Å². The van der Waals surface area contributed by atoms with Crippen LogP contribution in [-0.4, -0.2) is 0 Å². The maximum atomic E-state index is 2.36. The summed E-state index contributed by atoms with van der Waals surface area (Å²) in [6.45, 7) is 27.3. The van der Waals surface area contributed by atoms with E-state index >= 15 is 0 Å². The van der Waals surface area contributed by atoms with E-state index in [2.05, 4.69) is 119 Å². The third-order valence-electron chi connectivity index (χ3n) is 5.99. The lowest BCUT2D eigenvalue weighted by Gasteiger charge is -2.22. The normalized spacial score (nSPS) is 11.8. The van der Waals surface area contributed by atoms with Crippen LogP contribution < -0.4 is 0 Å². The van der Waals surface area contributed by atoms with Crippen LogP contribution in [-0.2, 0) is 0 Å². The summed E-state index contributed by atoms with van der Waals surface area (Å²) >= 11 is 0. The lowest BCUT2D eigenvalue weighted by atomic mass is 9.83. The van der Waals surface area contributed by atoms with Gasteiger partial charge in [0.1, 0.15) is 0 Å². The molecule has 2 aromatic carbocycles. The molecule has 168 valence electrons. The maximum absolute atomic E-state index is 2.36. The van der Waals surface area contributed by atoms with E-state index in [-0.39, 0.29) is 0 Å². The lowest BCUT2D eigenvalue weighted by molar-refractivity contribution is 0.748. The van der Waals surface area contributed by atoms with Crippen molar-refractivity contribution in [3.05, 3.63) is 69.8 Å². The zero-order valence-corrected chi connectivity index (χ0v) is 21.9. The van der Waals surface area contributed by atoms with Crippen molar-refractivity contribution in [3.63, 3.8) is 0 Å². The third-order valence-corrected chi connectivity index (χ3v) is 5.99. The molecule has 0 aliphatic carbocycles. The zero-order valence-electron chi connectivity index (χ0n) is 21.9. The Bertz CT molecular complexity index is 682. The Labute approximate surface area is 188 Å². The van der Waals surface area contributed by atoms with Crippen LogP contribution in [0.5, 0.6) is 0 Å². The second-order valence-electron chi connectivity index (χ2n) is 10.7. The van der Waals surface area contributed by atoms with Gasteiger partial charge >= 0.3 is 0 Å². The Hall–Kier alpha value is -1.56. The summed E-state index contributed by atoms with van der Waals surface area (Å²) in [6, 6.07) is 13.9. The Balaban J connectivity index is 0.000000300. The van der Waals surface area contributed by atoms with Gasteiger partial charge in [-0.1, -0.05) is 119 Å². The molecular formula is C30H48. The predicted octanol–water partition coefficient (Wildman–Crippen LogP) is 10.1. The number of hydrogen-bond acceptors (Lipinski definition) is 0. The fourth-order valence-corrected chi connectivity index (χ4v) is 3.98. The van der Waals surface area contributed by atoms with Gasteiger partial charge in [-0.05, 0) is 68.9 Å². The van der Waals surface area contributed by atoms with Gasteiger partial charge < -0.3 is 0 Å². The van der Waals surface area contributed by atoms with Crippen LogP contribution >= 0.6 is 0 Å². The highest BCUT2D eigenvalue weighted by atomic mass is 14.2. The molecule has 0 heterocycles. The summed E-state index contributed by atoms with van der Waals surface area (Å²) in [4.78, 5) is 0.